The number of aryl methyl sites for hydroxylation is 2. The molecule has 30 heavy (non-hydrogen) atoms. The van der Waals surface area contributed by atoms with Crippen LogP contribution < -0.4 is 15.4 Å². The minimum Gasteiger partial charge on any atom is -0.493 e. The van der Waals surface area contributed by atoms with Crippen molar-refractivity contribution in [3.05, 3.63) is 64.7 Å². The van der Waals surface area contributed by atoms with E-state index in [2.05, 4.69) is 27.8 Å². The van der Waals surface area contributed by atoms with Gasteiger partial charge in [0.2, 0.25) is 0 Å². The Hall–Kier alpha value is -2.57. The molecular formula is C24H35N3O3. The maximum absolute atomic E-state index is 10.5. The van der Waals surface area contributed by atoms with Gasteiger partial charge in [0.15, 0.2) is 5.96 Å². The lowest BCUT2D eigenvalue weighted by atomic mass is 10.1. The first-order valence-electron chi connectivity index (χ1n) is 10.5. The molecule has 6 heteroatoms. The number of methoxy groups -OCH3 is 1. The van der Waals surface area contributed by atoms with Gasteiger partial charge >= 0.3 is 0 Å². The van der Waals surface area contributed by atoms with Crippen molar-refractivity contribution in [2.75, 3.05) is 33.4 Å². The largest absolute Gasteiger partial charge is 0.493 e. The van der Waals surface area contributed by atoms with E-state index in [1.54, 1.807) is 7.11 Å². The molecule has 0 radical (unpaired) electrons. The molecule has 0 aromatic heterocycles. The first kappa shape index (κ1) is 23.7. The van der Waals surface area contributed by atoms with E-state index in [1.807, 2.05) is 51.1 Å². The highest BCUT2D eigenvalue weighted by atomic mass is 16.5. The molecule has 0 saturated heterocycles. The Balaban J connectivity index is 2.00. The Labute approximate surface area is 180 Å². The van der Waals surface area contributed by atoms with E-state index in [1.165, 1.54) is 5.56 Å². The van der Waals surface area contributed by atoms with Crippen LogP contribution in [0.2, 0.25) is 0 Å². The number of hydrogen-bond acceptors (Lipinski definition) is 4. The second-order valence-corrected chi connectivity index (χ2v) is 7.31. The Morgan fingerprint density at radius 2 is 1.77 bits per heavy atom. The van der Waals surface area contributed by atoms with Gasteiger partial charge in [-0.25, -0.2) is 4.99 Å². The van der Waals surface area contributed by atoms with Crippen LogP contribution >= 0.6 is 0 Å². The SMILES string of the molecule is CCNC(=NCc1ccc(C)cc1OCCCOC)NCC(O)c1ccc(C)cc1. The number of aliphatic imine (C=N–C) groups is 1. The molecule has 0 amide bonds. The average molecular weight is 414 g/mol. The van der Waals surface area contributed by atoms with Gasteiger partial charge in [0.1, 0.15) is 5.75 Å². The lowest BCUT2D eigenvalue weighted by molar-refractivity contribution is 0.172. The van der Waals surface area contributed by atoms with Gasteiger partial charge in [0, 0.05) is 38.8 Å². The van der Waals surface area contributed by atoms with Crippen LogP contribution in [-0.4, -0.2) is 44.5 Å². The number of hydrogen-bond donors (Lipinski definition) is 3. The molecule has 6 nitrogen and oxygen atoms in total. The lowest BCUT2D eigenvalue weighted by Crippen LogP contribution is -2.39. The molecule has 0 aliphatic carbocycles. The summed E-state index contributed by atoms with van der Waals surface area (Å²) in [7, 11) is 1.69. The number of aliphatic hydroxyl groups is 1. The predicted molar refractivity (Wildman–Crippen MR) is 122 cm³/mol. The molecule has 1 unspecified atom stereocenters. The molecule has 0 bridgehead atoms. The zero-order valence-electron chi connectivity index (χ0n) is 18.6. The van der Waals surface area contributed by atoms with E-state index >= 15 is 0 Å². The molecule has 0 heterocycles. The first-order chi connectivity index (χ1) is 14.5. The molecule has 3 N–H and O–H groups in total. The number of nitrogens with one attached hydrogen (secondary N) is 2. The number of guanidine groups is 1. The van der Waals surface area contributed by atoms with Gasteiger partial charge in [-0.15, -0.1) is 0 Å². The highest BCUT2D eigenvalue weighted by Crippen LogP contribution is 2.21. The number of ether oxygens (including phenoxy) is 2. The van der Waals surface area contributed by atoms with Crippen LogP contribution in [0.4, 0.5) is 0 Å². The van der Waals surface area contributed by atoms with Gasteiger partial charge in [-0.05, 0) is 38.0 Å². The molecule has 0 aliphatic heterocycles. The highest BCUT2D eigenvalue weighted by Gasteiger charge is 2.09. The Bertz CT molecular complexity index is 791. The molecule has 1 atom stereocenters. The fourth-order valence-corrected chi connectivity index (χ4v) is 2.92. The summed E-state index contributed by atoms with van der Waals surface area (Å²) in [6.45, 7) is 8.98. The van der Waals surface area contributed by atoms with Gasteiger partial charge in [-0.1, -0.05) is 42.0 Å². The van der Waals surface area contributed by atoms with E-state index in [4.69, 9.17) is 9.47 Å². The van der Waals surface area contributed by atoms with E-state index in [0.29, 0.717) is 32.3 Å². The molecule has 0 aliphatic rings. The van der Waals surface area contributed by atoms with Gasteiger partial charge < -0.3 is 25.2 Å². The van der Waals surface area contributed by atoms with Crippen molar-refractivity contribution in [3.63, 3.8) is 0 Å². The monoisotopic (exact) mass is 413 g/mol. The molecule has 164 valence electrons. The van der Waals surface area contributed by atoms with Crippen LogP contribution in [0.15, 0.2) is 47.5 Å². The molecule has 0 fully saturated rings. The first-order valence-corrected chi connectivity index (χ1v) is 10.5. The second-order valence-electron chi connectivity index (χ2n) is 7.31. The summed E-state index contributed by atoms with van der Waals surface area (Å²) in [5, 5.41) is 16.9. The predicted octanol–water partition coefficient (Wildman–Crippen LogP) is 3.51. The molecule has 0 spiro atoms. The summed E-state index contributed by atoms with van der Waals surface area (Å²) < 4.78 is 11.0. The third-order valence-corrected chi connectivity index (χ3v) is 4.65. The van der Waals surface area contributed by atoms with Gasteiger partial charge in [-0.2, -0.15) is 0 Å². The second kappa shape index (κ2) is 12.9. The summed E-state index contributed by atoms with van der Waals surface area (Å²) in [5.74, 6) is 1.51. The molecular weight excluding hydrogens is 378 g/mol. The zero-order chi connectivity index (χ0) is 21.8. The molecule has 2 rings (SSSR count). The van der Waals surface area contributed by atoms with Crippen LogP contribution in [0.25, 0.3) is 0 Å². The van der Waals surface area contributed by atoms with Crippen molar-refractivity contribution < 1.29 is 14.6 Å². The maximum atomic E-state index is 10.5. The summed E-state index contributed by atoms with van der Waals surface area (Å²) in [5.41, 5.74) is 4.23. The van der Waals surface area contributed by atoms with E-state index in [9.17, 15) is 5.11 Å². The molecule has 0 saturated carbocycles. The van der Waals surface area contributed by atoms with Crippen LogP contribution in [0.5, 0.6) is 5.75 Å². The normalized spacial score (nSPS) is 12.5. The number of nitrogens with zero attached hydrogens (tertiary/aromatic N) is 1. The minimum atomic E-state index is -0.603. The fraction of sp³-hybridized carbons (Fsp3) is 0.458. The zero-order valence-corrected chi connectivity index (χ0v) is 18.6. The standard InChI is InChI=1S/C24H35N3O3/c1-5-25-24(27-17-22(28)20-10-7-18(2)8-11-20)26-16-21-12-9-19(3)15-23(21)30-14-6-13-29-4/h7-12,15,22,28H,5-6,13-14,16-17H2,1-4H3,(H2,25,26,27). The third kappa shape index (κ3) is 8.05. The summed E-state index contributed by atoms with van der Waals surface area (Å²) >= 11 is 0. The van der Waals surface area contributed by atoms with E-state index < -0.39 is 6.10 Å². The number of aliphatic hydroxyl groups excluding tert-OH is 1. The van der Waals surface area contributed by atoms with Crippen molar-refractivity contribution in [2.45, 2.75) is 39.8 Å². The van der Waals surface area contributed by atoms with Crippen LogP contribution in [0.3, 0.4) is 0 Å². The maximum Gasteiger partial charge on any atom is 0.191 e. The number of benzene rings is 2. The lowest BCUT2D eigenvalue weighted by Gasteiger charge is -2.16. The average Bonchev–Trinajstić information content (AvgIpc) is 2.74. The van der Waals surface area contributed by atoms with Gasteiger partial charge in [0.25, 0.3) is 0 Å². The van der Waals surface area contributed by atoms with Crippen molar-refractivity contribution in [3.8, 4) is 5.75 Å². The van der Waals surface area contributed by atoms with Gasteiger partial charge in [0.05, 0.1) is 19.3 Å². The Kier molecular flexibility index (Phi) is 10.2. The quantitative estimate of drug-likeness (QED) is 0.299. The topological polar surface area (TPSA) is 75.1 Å². The fourth-order valence-electron chi connectivity index (χ4n) is 2.92. The minimum absolute atomic E-state index is 0.378. The van der Waals surface area contributed by atoms with Crippen molar-refractivity contribution >= 4 is 5.96 Å². The van der Waals surface area contributed by atoms with Gasteiger partial charge in [-0.3, -0.25) is 0 Å². The smallest absolute Gasteiger partial charge is 0.191 e. The van der Waals surface area contributed by atoms with Crippen LogP contribution in [-0.2, 0) is 11.3 Å². The van der Waals surface area contributed by atoms with Crippen LogP contribution in [0, 0.1) is 13.8 Å². The summed E-state index contributed by atoms with van der Waals surface area (Å²) in [4.78, 5) is 4.68. The van der Waals surface area contributed by atoms with Crippen molar-refractivity contribution in [2.24, 2.45) is 4.99 Å². The summed E-state index contributed by atoms with van der Waals surface area (Å²) in [6, 6.07) is 14.1. The Morgan fingerprint density at radius 3 is 2.47 bits per heavy atom. The third-order valence-electron chi connectivity index (χ3n) is 4.65. The van der Waals surface area contributed by atoms with E-state index in [-0.39, 0.29) is 0 Å². The molecule has 2 aromatic rings. The van der Waals surface area contributed by atoms with Crippen molar-refractivity contribution in [1.29, 1.82) is 0 Å². The Morgan fingerprint density at radius 1 is 1.03 bits per heavy atom. The number of rotatable bonds is 11. The molecule has 2 aromatic carbocycles. The van der Waals surface area contributed by atoms with Crippen molar-refractivity contribution in [1.82, 2.24) is 10.6 Å². The highest BCUT2D eigenvalue weighted by molar-refractivity contribution is 5.79. The van der Waals surface area contributed by atoms with E-state index in [0.717, 1.165) is 35.4 Å². The van der Waals surface area contributed by atoms with Crippen LogP contribution in [0.1, 0.15) is 41.7 Å². The summed E-state index contributed by atoms with van der Waals surface area (Å²) in [6.07, 6.45) is 0.238.